The van der Waals surface area contributed by atoms with E-state index < -0.39 is 5.82 Å². The van der Waals surface area contributed by atoms with E-state index in [-0.39, 0.29) is 24.0 Å². The van der Waals surface area contributed by atoms with Gasteiger partial charge >= 0.3 is 0 Å². The summed E-state index contributed by atoms with van der Waals surface area (Å²) in [6.45, 7) is 10.3. The smallest absolute Gasteiger partial charge is 0.234 e. The number of hydrogen-bond acceptors (Lipinski definition) is 5. The molecule has 0 fully saturated rings. The number of nitrogens with zero attached hydrogens (tertiary/aromatic N) is 3. The highest BCUT2D eigenvalue weighted by Gasteiger charge is 2.15. The van der Waals surface area contributed by atoms with Crippen LogP contribution in [0.1, 0.15) is 22.5 Å². The minimum atomic E-state index is -0.459. The van der Waals surface area contributed by atoms with E-state index in [1.807, 2.05) is 30.5 Å². The van der Waals surface area contributed by atoms with Gasteiger partial charge in [0.1, 0.15) is 18.2 Å². The third kappa shape index (κ3) is 5.95. The molecule has 0 aliphatic heterocycles. The lowest BCUT2D eigenvalue weighted by Crippen LogP contribution is -2.16. The molecule has 1 aromatic heterocycles. The Morgan fingerprint density at radius 3 is 2.65 bits per heavy atom. The molecule has 6 nitrogen and oxygen atoms in total. The Labute approximate surface area is 185 Å². The summed E-state index contributed by atoms with van der Waals surface area (Å²) in [6, 6.07) is 10.7. The van der Waals surface area contributed by atoms with Gasteiger partial charge < -0.3 is 10.1 Å². The van der Waals surface area contributed by atoms with Gasteiger partial charge in [0.2, 0.25) is 5.91 Å². The summed E-state index contributed by atoms with van der Waals surface area (Å²) in [4.78, 5) is 12.3. The molecule has 8 heteroatoms. The van der Waals surface area contributed by atoms with E-state index in [1.54, 1.807) is 25.1 Å². The summed E-state index contributed by atoms with van der Waals surface area (Å²) in [5, 5.41) is 11.6. The summed E-state index contributed by atoms with van der Waals surface area (Å²) in [7, 11) is 0. The average molecular weight is 441 g/mol. The zero-order valence-corrected chi connectivity index (χ0v) is 18.6. The Bertz CT molecular complexity index is 1100. The summed E-state index contributed by atoms with van der Waals surface area (Å²) >= 11 is 1.22. The fourth-order valence-corrected chi connectivity index (χ4v) is 3.75. The van der Waals surface area contributed by atoms with Gasteiger partial charge in [-0.1, -0.05) is 41.6 Å². The molecule has 0 aliphatic rings. The second-order valence-corrected chi connectivity index (χ2v) is 8.12. The van der Waals surface area contributed by atoms with Crippen molar-refractivity contribution in [1.82, 2.24) is 14.8 Å². The van der Waals surface area contributed by atoms with Gasteiger partial charge in [0, 0.05) is 6.54 Å². The third-order valence-corrected chi connectivity index (χ3v) is 5.49. The van der Waals surface area contributed by atoms with Crippen molar-refractivity contribution < 1.29 is 13.9 Å². The van der Waals surface area contributed by atoms with Gasteiger partial charge in [-0.05, 0) is 50.1 Å². The van der Waals surface area contributed by atoms with Crippen molar-refractivity contribution >= 4 is 23.4 Å². The van der Waals surface area contributed by atoms with E-state index in [2.05, 4.69) is 28.2 Å². The van der Waals surface area contributed by atoms with E-state index >= 15 is 0 Å². The molecule has 1 heterocycles. The normalized spacial score (nSPS) is 10.7. The zero-order chi connectivity index (χ0) is 22.4. The van der Waals surface area contributed by atoms with E-state index in [1.165, 1.54) is 23.4 Å². The van der Waals surface area contributed by atoms with Gasteiger partial charge in [-0.3, -0.25) is 9.36 Å². The number of carbonyl (C=O) groups is 1. The van der Waals surface area contributed by atoms with E-state index in [4.69, 9.17) is 4.74 Å². The number of thioether (sulfide) groups is 1. The molecule has 0 saturated heterocycles. The first kappa shape index (κ1) is 22.6. The SMILES string of the molecule is C=CCn1c(COc2ccc(C)cc2C)nnc1SCC(=O)Nc1ccc(C)cc1F. The van der Waals surface area contributed by atoms with Crippen LogP contribution in [0.15, 0.2) is 54.2 Å². The first-order chi connectivity index (χ1) is 14.9. The first-order valence-corrected chi connectivity index (χ1v) is 10.8. The number of aromatic nitrogens is 3. The molecule has 0 unspecified atom stereocenters. The summed E-state index contributed by atoms with van der Waals surface area (Å²) < 4.78 is 21.7. The molecule has 0 saturated carbocycles. The number of amides is 1. The highest BCUT2D eigenvalue weighted by molar-refractivity contribution is 7.99. The maximum atomic E-state index is 13.9. The van der Waals surface area contributed by atoms with Crippen molar-refractivity contribution in [1.29, 1.82) is 0 Å². The van der Waals surface area contributed by atoms with Crippen LogP contribution in [-0.4, -0.2) is 26.4 Å². The molecule has 0 radical (unpaired) electrons. The molecule has 1 N–H and O–H groups in total. The van der Waals surface area contributed by atoms with Crippen molar-refractivity contribution in [3.05, 3.63) is 77.4 Å². The van der Waals surface area contributed by atoms with E-state index in [0.717, 1.165) is 16.9 Å². The molecule has 0 spiro atoms. The monoisotopic (exact) mass is 440 g/mol. The summed E-state index contributed by atoms with van der Waals surface area (Å²) in [5.74, 6) is 0.702. The number of rotatable bonds is 9. The molecule has 2 aromatic carbocycles. The molecule has 1 amide bonds. The van der Waals surface area contributed by atoms with E-state index in [0.29, 0.717) is 17.5 Å². The van der Waals surface area contributed by atoms with Crippen LogP contribution in [0.25, 0.3) is 0 Å². The van der Waals surface area contributed by atoms with Crippen LogP contribution >= 0.6 is 11.8 Å². The maximum Gasteiger partial charge on any atom is 0.234 e. The topological polar surface area (TPSA) is 69.0 Å². The number of halogens is 1. The Morgan fingerprint density at radius 1 is 1.19 bits per heavy atom. The van der Waals surface area contributed by atoms with Crippen molar-refractivity contribution in [3.63, 3.8) is 0 Å². The van der Waals surface area contributed by atoms with Gasteiger partial charge in [-0.2, -0.15) is 0 Å². The molecule has 0 atom stereocenters. The van der Waals surface area contributed by atoms with Crippen LogP contribution in [0.3, 0.4) is 0 Å². The molecule has 3 rings (SSSR count). The fraction of sp³-hybridized carbons (Fsp3) is 0.261. The van der Waals surface area contributed by atoms with Gasteiger partial charge in [0.15, 0.2) is 11.0 Å². The van der Waals surface area contributed by atoms with Crippen LogP contribution in [-0.2, 0) is 17.9 Å². The number of aryl methyl sites for hydroxylation is 3. The summed E-state index contributed by atoms with van der Waals surface area (Å²) in [5.41, 5.74) is 3.16. The van der Waals surface area contributed by atoms with Crippen molar-refractivity contribution in [2.24, 2.45) is 0 Å². The van der Waals surface area contributed by atoms with Crippen molar-refractivity contribution in [2.75, 3.05) is 11.1 Å². The highest BCUT2D eigenvalue weighted by Crippen LogP contribution is 2.22. The number of nitrogens with one attached hydrogen (secondary N) is 1. The molecule has 0 bridgehead atoms. The van der Waals surface area contributed by atoms with Gasteiger partial charge in [-0.15, -0.1) is 16.8 Å². The largest absolute Gasteiger partial charge is 0.485 e. The second-order valence-electron chi connectivity index (χ2n) is 7.18. The molecule has 162 valence electrons. The van der Waals surface area contributed by atoms with Crippen LogP contribution in [0.5, 0.6) is 5.75 Å². The molecular formula is C23H25FN4O2S. The van der Waals surface area contributed by atoms with Gasteiger partial charge in [0.25, 0.3) is 0 Å². The van der Waals surface area contributed by atoms with Crippen LogP contribution < -0.4 is 10.1 Å². The van der Waals surface area contributed by atoms with Crippen molar-refractivity contribution in [3.8, 4) is 5.75 Å². The first-order valence-electron chi connectivity index (χ1n) is 9.79. The quantitative estimate of drug-likeness (QED) is 0.381. The molecular weight excluding hydrogens is 415 g/mol. The fourth-order valence-electron chi connectivity index (χ4n) is 2.99. The summed E-state index contributed by atoms with van der Waals surface area (Å²) in [6.07, 6.45) is 1.73. The number of carbonyl (C=O) groups excluding carboxylic acids is 1. The molecule has 3 aromatic rings. The lowest BCUT2D eigenvalue weighted by molar-refractivity contribution is -0.113. The Hall–Kier alpha value is -3.13. The predicted octanol–water partition coefficient (Wildman–Crippen LogP) is 4.84. The lowest BCUT2D eigenvalue weighted by atomic mass is 10.1. The molecule has 0 aliphatic carbocycles. The number of ether oxygens (including phenoxy) is 1. The predicted molar refractivity (Wildman–Crippen MR) is 121 cm³/mol. The minimum Gasteiger partial charge on any atom is -0.485 e. The number of allylic oxidation sites excluding steroid dienone is 1. The van der Waals surface area contributed by atoms with Gasteiger partial charge in [0.05, 0.1) is 11.4 Å². The molecule has 31 heavy (non-hydrogen) atoms. The zero-order valence-electron chi connectivity index (χ0n) is 17.8. The van der Waals surface area contributed by atoms with Crippen LogP contribution in [0.4, 0.5) is 10.1 Å². The second kappa shape index (κ2) is 10.3. The van der Waals surface area contributed by atoms with Crippen LogP contribution in [0, 0.1) is 26.6 Å². The standard InChI is InChI=1S/C23H25FN4O2S/c1-5-10-28-21(13-30-20-9-7-15(2)11-17(20)4)26-27-23(28)31-14-22(29)25-19-8-6-16(3)12-18(19)24/h5-9,11-12H,1,10,13-14H2,2-4H3,(H,25,29). The Morgan fingerprint density at radius 2 is 1.94 bits per heavy atom. The Balaban J connectivity index is 1.64. The van der Waals surface area contributed by atoms with Gasteiger partial charge in [-0.25, -0.2) is 4.39 Å². The minimum absolute atomic E-state index is 0.0700. The number of hydrogen-bond donors (Lipinski definition) is 1. The van der Waals surface area contributed by atoms with E-state index in [9.17, 15) is 9.18 Å². The highest BCUT2D eigenvalue weighted by atomic mass is 32.2. The number of benzene rings is 2. The maximum absolute atomic E-state index is 13.9. The third-order valence-electron chi connectivity index (χ3n) is 4.52. The lowest BCUT2D eigenvalue weighted by Gasteiger charge is -2.11. The number of anilines is 1. The van der Waals surface area contributed by atoms with Crippen molar-refractivity contribution in [2.45, 2.75) is 39.1 Å². The Kier molecular flexibility index (Phi) is 7.46. The van der Waals surface area contributed by atoms with Crippen LogP contribution in [0.2, 0.25) is 0 Å². The average Bonchev–Trinajstić information content (AvgIpc) is 3.10.